The van der Waals surface area contributed by atoms with Crippen molar-refractivity contribution in [3.8, 4) is 5.75 Å². The van der Waals surface area contributed by atoms with Crippen LogP contribution < -0.4 is 4.74 Å². The Balaban J connectivity index is 2.13. The minimum atomic E-state index is -0.613. The number of nitrogens with zero attached hydrogens (tertiary/aromatic N) is 1. The highest BCUT2D eigenvalue weighted by Crippen LogP contribution is 2.35. The number of hydrogen-bond donors (Lipinski definition) is 0. The summed E-state index contributed by atoms with van der Waals surface area (Å²) in [6.45, 7) is 5.44. The molecular weight excluding hydrogens is 418 g/mol. The van der Waals surface area contributed by atoms with Gasteiger partial charge in [-0.15, -0.1) is 0 Å². The number of benzene rings is 2. The third kappa shape index (κ3) is 4.49. The summed E-state index contributed by atoms with van der Waals surface area (Å²) < 4.78 is 11.9. The summed E-state index contributed by atoms with van der Waals surface area (Å²) in [7, 11) is 1.55. The van der Waals surface area contributed by atoms with E-state index in [9.17, 15) is 14.4 Å². The normalized spacial score (nSPS) is 11.9. The lowest BCUT2D eigenvalue weighted by molar-refractivity contribution is -0.145. The molecule has 3 rings (SSSR count). The number of rotatable bonds is 7. The molecule has 1 atom stereocenters. The van der Waals surface area contributed by atoms with Crippen molar-refractivity contribution >= 4 is 40.2 Å². The lowest BCUT2D eigenvalue weighted by Crippen LogP contribution is -2.18. The number of Topliss-reactive ketones (excluding diaryl/α,β-unsaturated/α-hetero) is 1. The molecule has 0 saturated heterocycles. The smallest absolute Gasteiger partial charge is 0.313 e. The Kier molecular flexibility index (Phi) is 6.81. The van der Waals surface area contributed by atoms with E-state index in [0.717, 1.165) is 5.39 Å². The lowest BCUT2D eigenvalue weighted by Gasteiger charge is -2.12. The van der Waals surface area contributed by atoms with Crippen LogP contribution in [0, 0.1) is 6.92 Å². The van der Waals surface area contributed by atoms with Gasteiger partial charge in [0, 0.05) is 27.6 Å². The van der Waals surface area contributed by atoms with Crippen LogP contribution in [0.15, 0.2) is 42.5 Å². The number of aromatic nitrogens is 1. The van der Waals surface area contributed by atoms with Gasteiger partial charge in [-0.1, -0.05) is 18.5 Å². The molecule has 7 heteroatoms. The predicted octanol–water partition coefficient (Wildman–Crippen LogP) is 4.93. The Morgan fingerprint density at radius 2 is 1.77 bits per heavy atom. The van der Waals surface area contributed by atoms with Gasteiger partial charge in [-0.25, -0.2) is 0 Å². The zero-order valence-electron chi connectivity index (χ0n) is 17.9. The zero-order chi connectivity index (χ0) is 22.7. The molecule has 0 saturated carbocycles. The van der Waals surface area contributed by atoms with E-state index in [-0.39, 0.29) is 24.7 Å². The number of hydrogen-bond acceptors (Lipinski definition) is 5. The van der Waals surface area contributed by atoms with E-state index in [4.69, 9.17) is 21.1 Å². The van der Waals surface area contributed by atoms with Crippen molar-refractivity contribution in [2.24, 2.45) is 0 Å². The van der Waals surface area contributed by atoms with Crippen LogP contribution in [0.25, 0.3) is 10.9 Å². The molecular formula is C24H24ClNO5. The van der Waals surface area contributed by atoms with Crippen LogP contribution in [0.3, 0.4) is 0 Å². The molecule has 1 aromatic heterocycles. The number of carbonyl (C=O) groups excluding carboxylic acids is 3. The largest absolute Gasteiger partial charge is 0.497 e. The van der Waals surface area contributed by atoms with Crippen LogP contribution in [-0.2, 0) is 14.3 Å². The van der Waals surface area contributed by atoms with Crippen molar-refractivity contribution in [2.75, 3.05) is 13.7 Å². The van der Waals surface area contributed by atoms with Gasteiger partial charge in [-0.2, -0.15) is 0 Å². The van der Waals surface area contributed by atoms with Crippen LogP contribution in [0.5, 0.6) is 5.75 Å². The van der Waals surface area contributed by atoms with Crippen molar-refractivity contribution in [3.63, 3.8) is 0 Å². The summed E-state index contributed by atoms with van der Waals surface area (Å²) in [5.41, 5.74) is 2.44. The van der Waals surface area contributed by atoms with Crippen LogP contribution in [0.2, 0.25) is 5.02 Å². The molecule has 0 radical (unpaired) electrons. The van der Waals surface area contributed by atoms with Crippen molar-refractivity contribution < 1.29 is 23.9 Å². The van der Waals surface area contributed by atoms with Gasteiger partial charge in [-0.05, 0) is 61.9 Å². The summed E-state index contributed by atoms with van der Waals surface area (Å²) in [6.07, 6.45) is -0.323. The van der Waals surface area contributed by atoms with Crippen LogP contribution >= 0.6 is 11.6 Å². The van der Waals surface area contributed by atoms with E-state index >= 15 is 0 Å². The third-order valence-electron chi connectivity index (χ3n) is 5.29. The molecule has 6 nitrogen and oxygen atoms in total. The zero-order valence-corrected chi connectivity index (χ0v) is 18.7. The van der Waals surface area contributed by atoms with Gasteiger partial charge in [0.05, 0.1) is 19.2 Å². The average molecular weight is 442 g/mol. The number of esters is 1. The van der Waals surface area contributed by atoms with Crippen molar-refractivity contribution in [2.45, 2.75) is 33.1 Å². The van der Waals surface area contributed by atoms with Gasteiger partial charge < -0.3 is 9.47 Å². The van der Waals surface area contributed by atoms with Gasteiger partial charge >= 0.3 is 5.97 Å². The number of fused-ring (bicyclic) bond motifs is 1. The summed E-state index contributed by atoms with van der Waals surface area (Å²) in [4.78, 5) is 38.0. The molecule has 162 valence electrons. The van der Waals surface area contributed by atoms with Crippen LogP contribution in [-0.4, -0.2) is 35.9 Å². The molecule has 0 aliphatic carbocycles. The third-order valence-corrected chi connectivity index (χ3v) is 5.55. The summed E-state index contributed by atoms with van der Waals surface area (Å²) >= 11 is 5.96. The van der Waals surface area contributed by atoms with E-state index in [1.165, 1.54) is 0 Å². The molecule has 0 bridgehead atoms. The second-order valence-electron chi connectivity index (χ2n) is 7.20. The molecule has 0 N–H and O–H groups in total. The fraction of sp³-hybridized carbons (Fsp3) is 0.292. The van der Waals surface area contributed by atoms with Crippen LogP contribution in [0.4, 0.5) is 0 Å². The van der Waals surface area contributed by atoms with Crippen molar-refractivity contribution in [1.29, 1.82) is 0 Å². The second kappa shape index (κ2) is 9.35. The minimum absolute atomic E-state index is 0.214. The fourth-order valence-corrected chi connectivity index (χ4v) is 3.87. The quantitative estimate of drug-likeness (QED) is 0.384. The predicted molar refractivity (Wildman–Crippen MR) is 119 cm³/mol. The molecule has 3 aromatic rings. The van der Waals surface area contributed by atoms with Crippen LogP contribution in [0.1, 0.15) is 47.8 Å². The Bertz CT molecular complexity index is 1150. The number of carbonyl (C=O) groups is 3. The minimum Gasteiger partial charge on any atom is -0.497 e. The first kappa shape index (κ1) is 22.6. The number of ketones is 1. The average Bonchev–Trinajstić information content (AvgIpc) is 3.04. The maximum absolute atomic E-state index is 13.3. The maximum Gasteiger partial charge on any atom is 0.313 e. The highest BCUT2D eigenvalue weighted by Gasteiger charge is 2.28. The lowest BCUT2D eigenvalue weighted by atomic mass is 9.92. The maximum atomic E-state index is 13.3. The number of methoxy groups -OCH3 is 1. The van der Waals surface area contributed by atoms with E-state index < -0.39 is 11.9 Å². The second-order valence-corrected chi connectivity index (χ2v) is 7.64. The van der Waals surface area contributed by atoms with E-state index in [0.29, 0.717) is 33.1 Å². The Morgan fingerprint density at radius 3 is 2.39 bits per heavy atom. The molecule has 2 aromatic carbocycles. The van der Waals surface area contributed by atoms with Crippen molar-refractivity contribution in [1.82, 2.24) is 4.57 Å². The van der Waals surface area contributed by atoms with Gasteiger partial charge in [0.15, 0.2) is 5.78 Å². The standard InChI is InChI=1S/C24H24ClNO5/c1-5-31-22(28)13-21(27)14(2)23-15(3)26(20-11-10-18(30-4)12-19(20)23)24(29)16-6-8-17(25)9-7-16/h6-12,14H,5,13H2,1-4H3. The molecule has 1 heterocycles. The van der Waals surface area contributed by atoms with Crippen molar-refractivity contribution in [3.05, 3.63) is 64.3 Å². The first-order chi connectivity index (χ1) is 14.8. The van der Waals surface area contributed by atoms with Gasteiger partial charge in [0.1, 0.15) is 12.2 Å². The van der Waals surface area contributed by atoms with Gasteiger partial charge in [0.2, 0.25) is 0 Å². The topological polar surface area (TPSA) is 74.6 Å². The molecule has 0 spiro atoms. The first-order valence-corrected chi connectivity index (χ1v) is 10.3. The molecule has 0 aliphatic rings. The summed E-state index contributed by atoms with van der Waals surface area (Å²) in [5, 5.41) is 1.26. The number of halogens is 1. The fourth-order valence-electron chi connectivity index (χ4n) is 3.75. The van der Waals surface area contributed by atoms with Gasteiger partial charge in [0.25, 0.3) is 5.91 Å². The highest BCUT2D eigenvalue weighted by molar-refractivity contribution is 6.30. The van der Waals surface area contributed by atoms with E-state index in [1.54, 1.807) is 74.9 Å². The first-order valence-electron chi connectivity index (χ1n) is 9.96. The van der Waals surface area contributed by atoms with Gasteiger partial charge in [-0.3, -0.25) is 19.0 Å². The SMILES string of the molecule is CCOC(=O)CC(=O)C(C)c1c(C)n(C(=O)c2ccc(Cl)cc2)c2ccc(OC)cc12. The highest BCUT2D eigenvalue weighted by atomic mass is 35.5. The Morgan fingerprint density at radius 1 is 1.10 bits per heavy atom. The molecule has 31 heavy (non-hydrogen) atoms. The molecule has 0 fully saturated rings. The Hall–Kier alpha value is -3.12. The molecule has 0 amide bonds. The number of ether oxygens (including phenoxy) is 2. The monoisotopic (exact) mass is 441 g/mol. The molecule has 1 unspecified atom stereocenters. The Labute approximate surface area is 185 Å². The molecule has 0 aliphatic heterocycles. The van der Waals surface area contributed by atoms with E-state index in [1.807, 2.05) is 0 Å². The summed E-state index contributed by atoms with van der Waals surface area (Å²) in [6, 6.07) is 12.0. The summed E-state index contributed by atoms with van der Waals surface area (Å²) in [5.74, 6) is -1.08. The van der Waals surface area contributed by atoms with E-state index in [2.05, 4.69) is 0 Å².